The zero-order chi connectivity index (χ0) is 16.1. The molecule has 0 radical (unpaired) electrons. The van der Waals surface area contributed by atoms with Crippen LogP contribution in [0.25, 0.3) is 0 Å². The van der Waals surface area contributed by atoms with Gasteiger partial charge in [-0.15, -0.1) is 0 Å². The van der Waals surface area contributed by atoms with Crippen molar-refractivity contribution < 1.29 is 9.32 Å². The van der Waals surface area contributed by atoms with Crippen LogP contribution in [0.3, 0.4) is 0 Å². The van der Waals surface area contributed by atoms with Crippen LogP contribution in [0, 0.1) is 6.92 Å². The van der Waals surface area contributed by atoms with Crippen LogP contribution < -0.4 is 0 Å². The molecule has 0 aliphatic carbocycles. The minimum absolute atomic E-state index is 0.208. The summed E-state index contributed by atoms with van der Waals surface area (Å²) in [6.45, 7) is 6.35. The molecule has 0 spiro atoms. The summed E-state index contributed by atoms with van der Waals surface area (Å²) in [7, 11) is 0. The number of amides is 1. The number of aromatic nitrogens is 5. The number of nitrogens with zero attached hydrogens (tertiary/aromatic N) is 7. The Bertz CT molecular complexity index is 617. The van der Waals surface area contributed by atoms with Gasteiger partial charge >= 0.3 is 0 Å². The first-order valence-electron chi connectivity index (χ1n) is 7.82. The molecule has 3 rings (SSSR count). The molecule has 1 saturated heterocycles. The van der Waals surface area contributed by atoms with Crippen LogP contribution in [-0.4, -0.2) is 66.8 Å². The summed E-state index contributed by atoms with van der Waals surface area (Å²) in [5.41, 5.74) is 0. The van der Waals surface area contributed by atoms with Gasteiger partial charge in [0, 0.05) is 46.1 Å². The molecule has 1 aliphatic rings. The highest BCUT2D eigenvalue weighted by molar-refractivity contribution is 5.76. The monoisotopic (exact) mass is 319 g/mol. The van der Waals surface area contributed by atoms with Crippen molar-refractivity contribution in [3.63, 3.8) is 0 Å². The lowest BCUT2D eigenvalue weighted by atomic mass is 10.2. The minimum atomic E-state index is 0.208. The molecule has 1 fully saturated rings. The number of carbonyl (C=O) groups excluding carboxylic acids is 1. The van der Waals surface area contributed by atoms with Gasteiger partial charge in [0.25, 0.3) is 0 Å². The van der Waals surface area contributed by atoms with E-state index in [4.69, 9.17) is 4.52 Å². The molecule has 23 heavy (non-hydrogen) atoms. The van der Waals surface area contributed by atoms with Crippen LogP contribution in [0.5, 0.6) is 0 Å². The summed E-state index contributed by atoms with van der Waals surface area (Å²) in [5, 5.41) is 7.94. The maximum atomic E-state index is 12.2. The Morgan fingerprint density at radius 2 is 2.13 bits per heavy atom. The van der Waals surface area contributed by atoms with Crippen molar-refractivity contribution >= 4 is 5.91 Å². The molecule has 0 aromatic carbocycles. The lowest BCUT2D eigenvalue weighted by Gasteiger charge is -2.34. The maximum Gasteiger partial charge on any atom is 0.223 e. The molecule has 1 amide bonds. The first kappa shape index (κ1) is 15.6. The second kappa shape index (κ2) is 7.32. The van der Waals surface area contributed by atoms with E-state index in [-0.39, 0.29) is 5.91 Å². The molecule has 2 aromatic heterocycles. The first-order valence-corrected chi connectivity index (χ1v) is 7.82. The first-order chi connectivity index (χ1) is 11.2. The van der Waals surface area contributed by atoms with Crippen LogP contribution in [0.4, 0.5) is 0 Å². The van der Waals surface area contributed by atoms with Gasteiger partial charge < -0.3 is 9.42 Å². The van der Waals surface area contributed by atoms with E-state index in [1.165, 1.54) is 6.33 Å². The number of piperazine rings is 1. The normalized spacial score (nSPS) is 16.0. The van der Waals surface area contributed by atoms with Crippen molar-refractivity contribution in [2.75, 3.05) is 26.2 Å². The van der Waals surface area contributed by atoms with E-state index < -0.39 is 0 Å². The van der Waals surface area contributed by atoms with Crippen molar-refractivity contribution in [2.24, 2.45) is 0 Å². The number of aryl methyl sites for hydroxylation is 2. The van der Waals surface area contributed by atoms with Crippen LogP contribution in [0.2, 0.25) is 0 Å². The largest absolute Gasteiger partial charge is 0.340 e. The average Bonchev–Trinajstić information content (AvgIpc) is 3.20. The minimum Gasteiger partial charge on any atom is -0.340 e. The summed E-state index contributed by atoms with van der Waals surface area (Å²) in [5.74, 6) is 1.50. The van der Waals surface area contributed by atoms with E-state index in [2.05, 4.69) is 25.1 Å². The van der Waals surface area contributed by atoms with Crippen molar-refractivity contribution in [2.45, 2.75) is 32.9 Å². The van der Waals surface area contributed by atoms with Crippen molar-refractivity contribution in [1.29, 1.82) is 0 Å². The Labute approximate surface area is 134 Å². The molecule has 0 N–H and O–H groups in total. The van der Waals surface area contributed by atoms with Gasteiger partial charge in [0.05, 0.1) is 6.54 Å². The van der Waals surface area contributed by atoms with E-state index in [1.807, 2.05) is 4.90 Å². The third-order valence-corrected chi connectivity index (χ3v) is 3.90. The summed E-state index contributed by atoms with van der Waals surface area (Å²) in [4.78, 5) is 24.5. The molecular formula is C14H21N7O2. The summed E-state index contributed by atoms with van der Waals surface area (Å²) < 4.78 is 6.72. The summed E-state index contributed by atoms with van der Waals surface area (Å²) >= 11 is 0. The Balaban J connectivity index is 1.37. The molecule has 0 unspecified atom stereocenters. The van der Waals surface area contributed by atoms with E-state index >= 15 is 0 Å². The van der Waals surface area contributed by atoms with Gasteiger partial charge in [-0.3, -0.25) is 14.4 Å². The topological polar surface area (TPSA) is 93.2 Å². The highest BCUT2D eigenvalue weighted by atomic mass is 16.5. The van der Waals surface area contributed by atoms with Crippen LogP contribution in [-0.2, 0) is 17.9 Å². The van der Waals surface area contributed by atoms with Crippen molar-refractivity contribution in [1.82, 2.24) is 34.7 Å². The second-order valence-corrected chi connectivity index (χ2v) is 5.65. The predicted octanol–water partition coefficient (Wildman–Crippen LogP) is 0.0941. The lowest BCUT2D eigenvalue weighted by molar-refractivity contribution is -0.133. The van der Waals surface area contributed by atoms with Gasteiger partial charge in [0.2, 0.25) is 11.8 Å². The third-order valence-electron chi connectivity index (χ3n) is 3.90. The zero-order valence-corrected chi connectivity index (χ0v) is 13.3. The number of hydrogen-bond acceptors (Lipinski definition) is 7. The standard InChI is InChI=1S/C14H21N7O2/c1-12-17-13(18-23-12)9-19-5-7-20(8-6-19)14(22)3-2-4-21-11-15-10-16-21/h10-11H,2-9H2,1H3. The van der Waals surface area contributed by atoms with E-state index in [0.29, 0.717) is 24.7 Å². The molecular weight excluding hydrogens is 298 g/mol. The Kier molecular flexibility index (Phi) is 4.96. The van der Waals surface area contributed by atoms with Gasteiger partial charge in [-0.2, -0.15) is 10.1 Å². The number of carbonyl (C=O) groups is 1. The van der Waals surface area contributed by atoms with Crippen molar-refractivity contribution in [3.05, 3.63) is 24.4 Å². The highest BCUT2D eigenvalue weighted by Gasteiger charge is 2.21. The Hall–Kier alpha value is -2.29. The van der Waals surface area contributed by atoms with Crippen LogP contribution >= 0.6 is 0 Å². The lowest BCUT2D eigenvalue weighted by Crippen LogP contribution is -2.48. The second-order valence-electron chi connectivity index (χ2n) is 5.65. The van der Waals surface area contributed by atoms with Gasteiger partial charge in [0.15, 0.2) is 5.82 Å². The van der Waals surface area contributed by atoms with Gasteiger partial charge in [-0.25, -0.2) is 4.98 Å². The molecule has 124 valence electrons. The highest BCUT2D eigenvalue weighted by Crippen LogP contribution is 2.08. The molecule has 9 heteroatoms. The van der Waals surface area contributed by atoms with Gasteiger partial charge in [-0.05, 0) is 6.42 Å². The van der Waals surface area contributed by atoms with Gasteiger partial charge in [0.1, 0.15) is 12.7 Å². The van der Waals surface area contributed by atoms with Crippen molar-refractivity contribution in [3.8, 4) is 0 Å². The Morgan fingerprint density at radius 1 is 1.30 bits per heavy atom. The third kappa shape index (κ3) is 4.35. The summed E-state index contributed by atoms with van der Waals surface area (Å²) in [6.07, 6.45) is 4.50. The number of rotatable bonds is 6. The molecule has 3 heterocycles. The van der Waals surface area contributed by atoms with Crippen LogP contribution in [0.15, 0.2) is 17.2 Å². The molecule has 9 nitrogen and oxygen atoms in total. The predicted molar refractivity (Wildman–Crippen MR) is 80.1 cm³/mol. The van der Waals surface area contributed by atoms with Gasteiger partial charge in [-0.1, -0.05) is 5.16 Å². The Morgan fingerprint density at radius 3 is 2.78 bits per heavy atom. The zero-order valence-electron chi connectivity index (χ0n) is 13.3. The fourth-order valence-electron chi connectivity index (χ4n) is 2.66. The molecule has 0 saturated carbocycles. The van der Waals surface area contributed by atoms with Crippen LogP contribution in [0.1, 0.15) is 24.6 Å². The smallest absolute Gasteiger partial charge is 0.223 e. The van der Waals surface area contributed by atoms with E-state index in [0.717, 1.165) is 39.1 Å². The SMILES string of the molecule is Cc1nc(CN2CCN(C(=O)CCCn3cncn3)CC2)no1. The fraction of sp³-hybridized carbons (Fsp3) is 0.643. The average molecular weight is 319 g/mol. The quantitative estimate of drug-likeness (QED) is 0.745. The maximum absolute atomic E-state index is 12.2. The molecule has 0 atom stereocenters. The van der Waals surface area contributed by atoms with E-state index in [1.54, 1.807) is 17.9 Å². The molecule has 0 bridgehead atoms. The molecule has 2 aromatic rings. The fourth-order valence-corrected chi connectivity index (χ4v) is 2.66. The summed E-state index contributed by atoms with van der Waals surface area (Å²) in [6, 6.07) is 0. The number of hydrogen-bond donors (Lipinski definition) is 0. The van der Waals surface area contributed by atoms with E-state index in [9.17, 15) is 4.79 Å². The molecule has 1 aliphatic heterocycles.